The lowest BCUT2D eigenvalue weighted by atomic mass is 10.1. The number of benzene rings is 2. The topological polar surface area (TPSA) is 60.7 Å². The predicted molar refractivity (Wildman–Crippen MR) is 83.9 cm³/mol. The number of aromatic hydroxyl groups is 1. The maximum Gasteiger partial charge on any atom is 0.196 e. The molecule has 0 bridgehead atoms. The van der Waals surface area contributed by atoms with Crippen LogP contribution in [-0.2, 0) is 0 Å². The van der Waals surface area contributed by atoms with Crippen LogP contribution in [0.2, 0.25) is 5.02 Å². The Morgan fingerprint density at radius 1 is 1.19 bits per heavy atom. The Kier molecular flexibility index (Phi) is 2.59. The molecule has 3 aromatic rings. The van der Waals surface area contributed by atoms with Crippen molar-refractivity contribution in [2.45, 2.75) is 0 Å². The maximum absolute atomic E-state index is 10.1. The highest BCUT2D eigenvalue weighted by atomic mass is 35.5. The SMILES string of the molecule is Oc1[nH]c2cccc(Cl)c2c1/C=c1\ccc2c(c1)N=CN=2. The fourth-order valence-corrected chi connectivity index (χ4v) is 2.79. The molecule has 0 saturated heterocycles. The molecule has 5 heteroatoms. The standard InChI is InChI=1S/C16H10ClN3O/c17-11-2-1-3-13-15(11)10(16(21)20-13)6-9-4-5-12-14(7-9)19-8-18-12/h1-8,20-21H/b9-6+. The van der Waals surface area contributed by atoms with E-state index in [9.17, 15) is 5.11 Å². The van der Waals surface area contributed by atoms with Crippen molar-refractivity contribution in [3.8, 4) is 5.88 Å². The number of hydrogen-bond acceptors (Lipinski definition) is 3. The summed E-state index contributed by atoms with van der Waals surface area (Å²) in [4.78, 5) is 11.3. The summed E-state index contributed by atoms with van der Waals surface area (Å²) >= 11 is 6.25. The van der Waals surface area contributed by atoms with Gasteiger partial charge >= 0.3 is 0 Å². The molecule has 0 spiro atoms. The zero-order chi connectivity index (χ0) is 14.4. The second-order valence-corrected chi connectivity index (χ2v) is 5.22. The first-order valence-corrected chi connectivity index (χ1v) is 6.81. The normalized spacial score (nSPS) is 13.7. The Labute approximate surface area is 124 Å². The van der Waals surface area contributed by atoms with Crippen LogP contribution in [0.25, 0.3) is 17.0 Å². The lowest BCUT2D eigenvalue weighted by molar-refractivity contribution is 0.457. The van der Waals surface area contributed by atoms with Gasteiger partial charge in [-0.3, -0.25) is 0 Å². The van der Waals surface area contributed by atoms with E-state index in [4.69, 9.17) is 11.6 Å². The van der Waals surface area contributed by atoms with Crippen molar-refractivity contribution >= 4 is 40.6 Å². The van der Waals surface area contributed by atoms with Gasteiger partial charge in [0.25, 0.3) is 0 Å². The molecule has 4 nitrogen and oxygen atoms in total. The second-order valence-electron chi connectivity index (χ2n) is 4.82. The van der Waals surface area contributed by atoms with Crippen molar-refractivity contribution < 1.29 is 5.11 Å². The number of rotatable bonds is 1. The molecule has 102 valence electrons. The van der Waals surface area contributed by atoms with Crippen molar-refractivity contribution in [1.29, 1.82) is 0 Å². The van der Waals surface area contributed by atoms with Gasteiger partial charge in [0.2, 0.25) is 0 Å². The van der Waals surface area contributed by atoms with Gasteiger partial charge in [-0.2, -0.15) is 0 Å². The first-order chi connectivity index (χ1) is 10.2. The molecule has 0 unspecified atom stereocenters. The molecule has 4 rings (SSSR count). The monoisotopic (exact) mass is 295 g/mol. The highest BCUT2D eigenvalue weighted by Gasteiger charge is 2.11. The molecule has 2 N–H and O–H groups in total. The summed E-state index contributed by atoms with van der Waals surface area (Å²) < 4.78 is 0. The Hall–Kier alpha value is -2.59. The van der Waals surface area contributed by atoms with Gasteiger partial charge in [0.05, 0.1) is 21.6 Å². The van der Waals surface area contributed by atoms with Gasteiger partial charge in [-0.25, -0.2) is 9.98 Å². The highest BCUT2D eigenvalue weighted by Crippen LogP contribution is 2.33. The number of aromatic nitrogens is 1. The van der Waals surface area contributed by atoms with Crippen LogP contribution in [0.3, 0.4) is 0 Å². The van der Waals surface area contributed by atoms with Crippen molar-refractivity contribution in [2.24, 2.45) is 9.98 Å². The first-order valence-electron chi connectivity index (χ1n) is 6.44. The summed E-state index contributed by atoms with van der Waals surface area (Å²) in [5.74, 6) is 0.104. The van der Waals surface area contributed by atoms with Crippen LogP contribution in [-0.4, -0.2) is 16.4 Å². The third-order valence-corrected chi connectivity index (χ3v) is 3.81. The summed E-state index contributed by atoms with van der Waals surface area (Å²) in [5, 5.41) is 13.3. The van der Waals surface area contributed by atoms with E-state index in [1.807, 2.05) is 36.4 Å². The Balaban J connectivity index is 2.00. The molecule has 0 radical (unpaired) electrons. The van der Waals surface area contributed by atoms with Crippen LogP contribution in [0.15, 0.2) is 46.4 Å². The molecule has 0 atom stereocenters. The highest BCUT2D eigenvalue weighted by molar-refractivity contribution is 6.36. The zero-order valence-electron chi connectivity index (χ0n) is 10.8. The Bertz CT molecular complexity index is 1020. The average Bonchev–Trinajstić information content (AvgIpc) is 3.04. The summed E-state index contributed by atoms with van der Waals surface area (Å²) in [5.41, 5.74) is 2.31. The number of aliphatic imine (C=N–C) groups is 1. The molecule has 21 heavy (non-hydrogen) atoms. The van der Waals surface area contributed by atoms with Crippen molar-refractivity contribution in [1.82, 2.24) is 4.98 Å². The van der Waals surface area contributed by atoms with Crippen LogP contribution in [0.4, 0.5) is 5.69 Å². The molecule has 2 aromatic carbocycles. The number of halogens is 1. The third-order valence-electron chi connectivity index (χ3n) is 3.50. The second kappa shape index (κ2) is 4.46. The predicted octanol–water partition coefficient (Wildman–Crippen LogP) is 2.65. The van der Waals surface area contributed by atoms with Gasteiger partial charge in [0, 0.05) is 10.9 Å². The number of hydrogen-bond donors (Lipinski definition) is 2. The van der Waals surface area contributed by atoms with E-state index < -0.39 is 0 Å². The van der Waals surface area contributed by atoms with E-state index in [1.165, 1.54) is 6.34 Å². The van der Waals surface area contributed by atoms with E-state index in [2.05, 4.69) is 15.0 Å². The van der Waals surface area contributed by atoms with E-state index in [0.29, 0.717) is 10.6 Å². The molecule has 0 aliphatic carbocycles. The molecule has 0 saturated carbocycles. The molecule has 2 heterocycles. The molecule has 1 aromatic heterocycles. The quantitative estimate of drug-likeness (QED) is 0.712. The molecule has 0 amide bonds. The zero-order valence-corrected chi connectivity index (χ0v) is 11.6. The summed E-state index contributed by atoms with van der Waals surface area (Å²) in [7, 11) is 0. The maximum atomic E-state index is 10.1. The minimum atomic E-state index is 0.104. The van der Waals surface area contributed by atoms with Gasteiger partial charge in [0.15, 0.2) is 5.88 Å². The minimum Gasteiger partial charge on any atom is -0.494 e. The fraction of sp³-hybridized carbons (Fsp3) is 0. The van der Waals surface area contributed by atoms with Crippen molar-refractivity contribution in [3.05, 3.63) is 57.6 Å². The summed E-state index contributed by atoms with van der Waals surface area (Å²) in [6.07, 6.45) is 3.42. The summed E-state index contributed by atoms with van der Waals surface area (Å²) in [6, 6.07) is 11.3. The fourth-order valence-electron chi connectivity index (χ4n) is 2.52. The van der Waals surface area contributed by atoms with E-state index in [1.54, 1.807) is 6.07 Å². The summed E-state index contributed by atoms with van der Waals surface area (Å²) in [6.45, 7) is 0. The van der Waals surface area contributed by atoms with Gasteiger partial charge in [-0.05, 0) is 35.6 Å². The molecule has 0 fully saturated rings. The van der Waals surface area contributed by atoms with E-state index >= 15 is 0 Å². The largest absolute Gasteiger partial charge is 0.494 e. The van der Waals surface area contributed by atoms with E-state index in [0.717, 1.165) is 27.2 Å². The van der Waals surface area contributed by atoms with Gasteiger partial charge in [0.1, 0.15) is 6.34 Å². The lowest BCUT2D eigenvalue weighted by Crippen LogP contribution is -2.06. The van der Waals surface area contributed by atoms with Crippen LogP contribution < -0.4 is 10.6 Å². The minimum absolute atomic E-state index is 0.104. The third kappa shape index (κ3) is 1.92. The Morgan fingerprint density at radius 3 is 3.00 bits per heavy atom. The van der Waals surface area contributed by atoms with Crippen molar-refractivity contribution in [3.63, 3.8) is 0 Å². The average molecular weight is 296 g/mol. The number of H-pyrrole nitrogens is 1. The molecular weight excluding hydrogens is 286 g/mol. The molecule has 1 aliphatic rings. The number of nitrogens with zero attached hydrogens (tertiary/aromatic N) is 2. The van der Waals surface area contributed by atoms with E-state index in [-0.39, 0.29) is 5.88 Å². The molecular formula is C16H10ClN3O. The van der Waals surface area contributed by atoms with Crippen LogP contribution in [0, 0.1) is 0 Å². The number of fused-ring (bicyclic) bond motifs is 2. The van der Waals surface area contributed by atoms with Gasteiger partial charge in [-0.15, -0.1) is 0 Å². The lowest BCUT2D eigenvalue weighted by Gasteiger charge is -1.96. The first kappa shape index (κ1) is 12.2. The van der Waals surface area contributed by atoms with Gasteiger partial charge in [-0.1, -0.05) is 23.7 Å². The number of aromatic amines is 1. The number of nitrogens with one attached hydrogen (secondary N) is 1. The van der Waals surface area contributed by atoms with Crippen LogP contribution in [0.5, 0.6) is 5.88 Å². The smallest absolute Gasteiger partial charge is 0.196 e. The molecule has 1 aliphatic heterocycles. The van der Waals surface area contributed by atoms with Crippen LogP contribution in [0.1, 0.15) is 5.56 Å². The van der Waals surface area contributed by atoms with Crippen LogP contribution >= 0.6 is 11.6 Å². The van der Waals surface area contributed by atoms with Crippen molar-refractivity contribution in [2.75, 3.05) is 0 Å². The Morgan fingerprint density at radius 2 is 2.10 bits per heavy atom. The van der Waals surface area contributed by atoms with Gasteiger partial charge < -0.3 is 10.1 Å².